The Labute approximate surface area is 134 Å². The number of anilines is 1. The number of carbonyl (C=O) groups excluding carboxylic acids is 2. The van der Waals surface area contributed by atoms with E-state index in [9.17, 15) is 9.59 Å². The van der Waals surface area contributed by atoms with Gasteiger partial charge in [0.25, 0.3) is 0 Å². The molecule has 3 heterocycles. The van der Waals surface area contributed by atoms with Crippen LogP contribution in [0.1, 0.15) is 24.6 Å². The number of benzene rings is 1. The molecule has 1 N–H and O–H groups in total. The number of aromatic nitrogens is 1. The second kappa shape index (κ2) is 5.30. The van der Waals surface area contributed by atoms with Crippen LogP contribution >= 0.6 is 0 Å². The van der Waals surface area contributed by atoms with Crippen molar-refractivity contribution < 1.29 is 14.3 Å². The predicted octanol–water partition coefficient (Wildman–Crippen LogP) is 2.50. The molecule has 0 saturated heterocycles. The molecule has 2 aromatic rings. The van der Waals surface area contributed by atoms with E-state index >= 15 is 0 Å². The number of aryl methyl sites for hydroxylation is 1. The quantitative estimate of drug-likeness (QED) is 0.880. The molecule has 6 nitrogen and oxygen atoms in total. The van der Waals surface area contributed by atoms with Gasteiger partial charge in [0.05, 0.1) is 24.4 Å². The Kier molecular flexibility index (Phi) is 3.25. The SMILES string of the molecule is CCOC(=O)N1CCc2c(c3cccc4c3n2CCC(=O)N4)C1. The van der Waals surface area contributed by atoms with Gasteiger partial charge in [-0.3, -0.25) is 4.79 Å². The lowest BCUT2D eigenvalue weighted by Crippen LogP contribution is -2.36. The van der Waals surface area contributed by atoms with Crippen LogP contribution in [-0.2, 0) is 29.0 Å². The fourth-order valence-electron chi connectivity index (χ4n) is 3.65. The van der Waals surface area contributed by atoms with Crippen molar-refractivity contribution in [2.75, 3.05) is 18.5 Å². The molecule has 0 spiro atoms. The third kappa shape index (κ3) is 2.17. The summed E-state index contributed by atoms with van der Waals surface area (Å²) in [4.78, 5) is 25.7. The fourth-order valence-corrected chi connectivity index (χ4v) is 3.65. The van der Waals surface area contributed by atoms with Gasteiger partial charge in [0.2, 0.25) is 5.91 Å². The smallest absolute Gasteiger partial charge is 0.410 e. The van der Waals surface area contributed by atoms with Crippen molar-refractivity contribution in [3.8, 4) is 0 Å². The molecule has 2 aliphatic rings. The maximum absolute atomic E-state index is 12.0. The Morgan fingerprint density at radius 1 is 1.30 bits per heavy atom. The molecule has 120 valence electrons. The lowest BCUT2D eigenvalue weighted by molar-refractivity contribution is -0.116. The monoisotopic (exact) mass is 313 g/mol. The first kappa shape index (κ1) is 14.1. The van der Waals surface area contributed by atoms with Gasteiger partial charge in [0.15, 0.2) is 0 Å². The van der Waals surface area contributed by atoms with Crippen LogP contribution in [0.5, 0.6) is 0 Å². The average Bonchev–Trinajstić information content (AvgIpc) is 2.76. The number of fused-ring (bicyclic) bond motifs is 3. The fraction of sp³-hybridized carbons (Fsp3) is 0.412. The van der Waals surface area contributed by atoms with Crippen LogP contribution in [0.4, 0.5) is 10.5 Å². The normalized spacial score (nSPS) is 16.7. The molecule has 1 aromatic carbocycles. The average molecular weight is 313 g/mol. The van der Waals surface area contributed by atoms with Crippen molar-refractivity contribution in [1.29, 1.82) is 0 Å². The summed E-state index contributed by atoms with van der Waals surface area (Å²) in [7, 11) is 0. The lowest BCUT2D eigenvalue weighted by atomic mass is 10.0. The topological polar surface area (TPSA) is 63.6 Å². The summed E-state index contributed by atoms with van der Waals surface area (Å²) < 4.78 is 7.39. The van der Waals surface area contributed by atoms with Crippen LogP contribution < -0.4 is 5.32 Å². The van der Waals surface area contributed by atoms with Crippen molar-refractivity contribution in [1.82, 2.24) is 9.47 Å². The molecule has 0 bridgehead atoms. The molecule has 4 rings (SSSR count). The highest BCUT2D eigenvalue weighted by molar-refractivity contribution is 6.03. The minimum Gasteiger partial charge on any atom is -0.450 e. The number of amides is 2. The molecule has 0 unspecified atom stereocenters. The van der Waals surface area contributed by atoms with Crippen molar-refractivity contribution in [2.24, 2.45) is 0 Å². The van der Waals surface area contributed by atoms with Crippen molar-refractivity contribution >= 4 is 28.6 Å². The van der Waals surface area contributed by atoms with E-state index in [4.69, 9.17) is 4.74 Å². The zero-order valence-corrected chi connectivity index (χ0v) is 13.1. The number of carbonyl (C=O) groups is 2. The molecular formula is C17H19N3O3. The van der Waals surface area contributed by atoms with Gasteiger partial charge in [-0.2, -0.15) is 0 Å². The van der Waals surface area contributed by atoms with Gasteiger partial charge < -0.3 is 19.5 Å². The van der Waals surface area contributed by atoms with E-state index in [-0.39, 0.29) is 12.0 Å². The van der Waals surface area contributed by atoms with Crippen LogP contribution in [0.2, 0.25) is 0 Å². The maximum Gasteiger partial charge on any atom is 0.410 e. The zero-order valence-electron chi connectivity index (χ0n) is 13.1. The van der Waals surface area contributed by atoms with Crippen LogP contribution in [-0.4, -0.2) is 34.6 Å². The summed E-state index contributed by atoms with van der Waals surface area (Å²) in [5, 5.41) is 4.10. The molecule has 0 fully saturated rings. The Morgan fingerprint density at radius 2 is 2.17 bits per heavy atom. The van der Waals surface area contributed by atoms with Crippen molar-refractivity contribution in [3.63, 3.8) is 0 Å². The lowest BCUT2D eigenvalue weighted by Gasteiger charge is -2.27. The molecular weight excluding hydrogens is 294 g/mol. The third-order valence-corrected chi connectivity index (χ3v) is 4.64. The first-order chi connectivity index (χ1) is 11.2. The molecule has 0 aliphatic carbocycles. The second-order valence-electron chi connectivity index (χ2n) is 5.95. The predicted molar refractivity (Wildman–Crippen MR) is 86.3 cm³/mol. The van der Waals surface area contributed by atoms with Crippen LogP contribution in [0.25, 0.3) is 10.9 Å². The van der Waals surface area contributed by atoms with Crippen LogP contribution in [0.15, 0.2) is 18.2 Å². The zero-order chi connectivity index (χ0) is 16.0. The minimum atomic E-state index is -0.254. The van der Waals surface area contributed by atoms with E-state index in [2.05, 4.69) is 16.0 Å². The van der Waals surface area contributed by atoms with Gasteiger partial charge in [-0.1, -0.05) is 12.1 Å². The second-order valence-corrected chi connectivity index (χ2v) is 5.95. The van der Waals surface area contributed by atoms with E-state index in [1.54, 1.807) is 4.90 Å². The van der Waals surface area contributed by atoms with E-state index in [0.29, 0.717) is 32.7 Å². The van der Waals surface area contributed by atoms with E-state index in [1.807, 2.05) is 19.1 Å². The van der Waals surface area contributed by atoms with Gasteiger partial charge in [-0.15, -0.1) is 0 Å². The number of hydrogen-bond donors (Lipinski definition) is 1. The van der Waals surface area contributed by atoms with Crippen molar-refractivity contribution in [3.05, 3.63) is 29.5 Å². The molecule has 6 heteroatoms. The summed E-state index contributed by atoms with van der Waals surface area (Å²) in [6, 6.07) is 5.97. The molecule has 2 amide bonds. The highest BCUT2D eigenvalue weighted by atomic mass is 16.6. The Balaban J connectivity index is 1.82. The first-order valence-corrected chi connectivity index (χ1v) is 8.03. The Hall–Kier alpha value is -2.50. The van der Waals surface area contributed by atoms with Crippen LogP contribution in [0.3, 0.4) is 0 Å². The molecule has 0 saturated carbocycles. The molecule has 2 aliphatic heterocycles. The Morgan fingerprint density at radius 3 is 3.00 bits per heavy atom. The Bertz CT molecular complexity index is 809. The third-order valence-electron chi connectivity index (χ3n) is 4.64. The van der Waals surface area contributed by atoms with E-state index < -0.39 is 0 Å². The van der Waals surface area contributed by atoms with Gasteiger partial charge in [0, 0.05) is 42.6 Å². The summed E-state index contributed by atoms with van der Waals surface area (Å²) in [5.74, 6) is 0.0545. The highest BCUT2D eigenvalue weighted by Gasteiger charge is 2.29. The van der Waals surface area contributed by atoms with Crippen LogP contribution in [0, 0.1) is 0 Å². The van der Waals surface area contributed by atoms with Gasteiger partial charge in [0.1, 0.15) is 0 Å². The number of rotatable bonds is 1. The first-order valence-electron chi connectivity index (χ1n) is 8.03. The van der Waals surface area contributed by atoms with Gasteiger partial charge in [-0.05, 0) is 13.0 Å². The molecule has 1 aromatic heterocycles. The van der Waals surface area contributed by atoms with E-state index in [0.717, 1.165) is 23.0 Å². The van der Waals surface area contributed by atoms with Gasteiger partial charge >= 0.3 is 6.09 Å². The van der Waals surface area contributed by atoms with Gasteiger partial charge in [-0.25, -0.2) is 4.79 Å². The number of ether oxygens (including phenoxy) is 1. The number of nitrogens with zero attached hydrogens (tertiary/aromatic N) is 2. The standard InChI is InChI=1S/C17H19N3O3/c1-2-23-17(22)19-8-6-14-12(10-19)11-4-3-5-13-16(11)20(14)9-7-15(21)18-13/h3-5H,2,6-10H2,1H3,(H,18,21). The van der Waals surface area contributed by atoms with Crippen molar-refractivity contribution in [2.45, 2.75) is 32.9 Å². The maximum atomic E-state index is 12.0. The summed E-state index contributed by atoms with van der Waals surface area (Å²) in [6.07, 6.45) is 1.01. The largest absolute Gasteiger partial charge is 0.450 e. The molecule has 23 heavy (non-hydrogen) atoms. The highest BCUT2D eigenvalue weighted by Crippen LogP contribution is 2.36. The summed E-state index contributed by atoms with van der Waals surface area (Å²) >= 11 is 0. The summed E-state index contributed by atoms with van der Waals surface area (Å²) in [5.41, 5.74) is 4.36. The number of hydrogen-bond acceptors (Lipinski definition) is 3. The summed E-state index contributed by atoms with van der Waals surface area (Å²) in [6.45, 7) is 4.11. The number of para-hydroxylation sites is 1. The number of nitrogens with one attached hydrogen (secondary N) is 1. The molecule has 0 atom stereocenters. The molecule has 0 radical (unpaired) electrons. The van der Waals surface area contributed by atoms with E-state index in [1.165, 1.54) is 11.3 Å². The minimum absolute atomic E-state index is 0.0545.